The molecule has 0 bridgehead atoms. The van der Waals surface area contributed by atoms with Gasteiger partial charge in [-0.2, -0.15) is 0 Å². The summed E-state index contributed by atoms with van der Waals surface area (Å²) in [6.07, 6.45) is 5.79. The molecule has 1 aliphatic heterocycles. The Labute approximate surface area is 147 Å². The molecule has 0 unspecified atom stereocenters. The number of fused-ring (bicyclic) bond motifs is 1. The largest absolute Gasteiger partial charge is 0.381 e. The number of imidazole rings is 1. The predicted molar refractivity (Wildman–Crippen MR) is 93.4 cm³/mol. The lowest BCUT2D eigenvalue weighted by Crippen LogP contribution is -2.57. The number of carbonyl (C=O) groups excluding carboxylic acids is 1. The minimum Gasteiger partial charge on any atom is -0.381 e. The van der Waals surface area contributed by atoms with E-state index in [1.807, 2.05) is 35.0 Å². The van der Waals surface area contributed by atoms with E-state index in [0.717, 1.165) is 11.3 Å². The number of aromatic nitrogens is 2. The van der Waals surface area contributed by atoms with E-state index in [1.54, 1.807) is 0 Å². The summed E-state index contributed by atoms with van der Waals surface area (Å²) in [6, 6.07) is 5.87. The van der Waals surface area contributed by atoms with E-state index in [1.165, 1.54) is 0 Å². The Morgan fingerprint density at radius 1 is 1.35 bits per heavy atom. The third kappa shape index (κ3) is 4.57. The zero-order chi connectivity index (χ0) is 14.7. The van der Waals surface area contributed by atoms with Crippen LogP contribution in [0.3, 0.4) is 0 Å². The van der Waals surface area contributed by atoms with Gasteiger partial charge in [0.05, 0.1) is 11.2 Å². The first kappa shape index (κ1) is 19.7. The molecule has 2 aromatic rings. The van der Waals surface area contributed by atoms with Gasteiger partial charge in [0.15, 0.2) is 0 Å². The maximum absolute atomic E-state index is 12.2. The average molecular weight is 361 g/mol. The summed E-state index contributed by atoms with van der Waals surface area (Å²) in [7, 11) is 0. The predicted octanol–water partition coefficient (Wildman–Crippen LogP) is 1.34. The van der Waals surface area contributed by atoms with Crippen molar-refractivity contribution in [2.75, 3.05) is 19.8 Å². The molecule has 0 atom stereocenters. The molecule has 2 aromatic heterocycles. The van der Waals surface area contributed by atoms with E-state index in [4.69, 9.17) is 10.5 Å². The van der Waals surface area contributed by atoms with Gasteiger partial charge in [0.1, 0.15) is 5.65 Å². The van der Waals surface area contributed by atoms with Crippen LogP contribution in [0.25, 0.3) is 5.65 Å². The third-order valence-electron chi connectivity index (χ3n) is 3.92. The van der Waals surface area contributed by atoms with Crippen molar-refractivity contribution in [2.24, 2.45) is 5.73 Å². The smallest absolute Gasteiger partial charge is 0.240 e. The van der Waals surface area contributed by atoms with Crippen molar-refractivity contribution < 1.29 is 9.53 Å². The molecule has 0 radical (unpaired) electrons. The fraction of sp³-hybridized carbons (Fsp3) is 0.467. The molecular weight excluding hydrogens is 339 g/mol. The van der Waals surface area contributed by atoms with E-state index >= 15 is 0 Å². The van der Waals surface area contributed by atoms with Gasteiger partial charge in [-0.1, -0.05) is 6.07 Å². The summed E-state index contributed by atoms with van der Waals surface area (Å²) in [5.41, 5.74) is 7.22. The van der Waals surface area contributed by atoms with Gasteiger partial charge in [-0.25, -0.2) is 4.98 Å². The van der Waals surface area contributed by atoms with Crippen LogP contribution in [0.5, 0.6) is 0 Å². The second-order valence-corrected chi connectivity index (χ2v) is 5.47. The van der Waals surface area contributed by atoms with E-state index in [2.05, 4.69) is 10.3 Å². The molecule has 3 N–H and O–H groups in total. The number of nitrogens with one attached hydrogen (secondary N) is 1. The molecule has 0 aromatic carbocycles. The number of halogens is 2. The Balaban J connectivity index is 0.00000132. The molecule has 1 fully saturated rings. The average Bonchev–Trinajstić information content (AvgIpc) is 2.90. The lowest BCUT2D eigenvalue weighted by Gasteiger charge is -2.31. The van der Waals surface area contributed by atoms with Crippen molar-refractivity contribution in [3.63, 3.8) is 0 Å². The van der Waals surface area contributed by atoms with Gasteiger partial charge < -0.3 is 20.2 Å². The van der Waals surface area contributed by atoms with Gasteiger partial charge in [-0.3, -0.25) is 4.79 Å². The highest BCUT2D eigenvalue weighted by Crippen LogP contribution is 2.17. The highest BCUT2D eigenvalue weighted by atomic mass is 35.5. The summed E-state index contributed by atoms with van der Waals surface area (Å²) < 4.78 is 7.22. The third-order valence-corrected chi connectivity index (χ3v) is 3.92. The number of amides is 1. The molecule has 3 heterocycles. The standard InChI is InChI=1S/C15H20N4O2.2ClH/c16-15(5-9-21-10-6-15)14(20)17-7-4-12-11-19-8-2-1-3-13(19)18-12;;/h1-3,8,11H,4-7,9-10,16H2,(H,17,20);2*1H. The van der Waals surface area contributed by atoms with E-state index in [0.29, 0.717) is 39.0 Å². The molecule has 128 valence electrons. The topological polar surface area (TPSA) is 81.7 Å². The van der Waals surface area contributed by atoms with Gasteiger partial charge in [0, 0.05) is 38.6 Å². The molecule has 0 saturated carbocycles. The van der Waals surface area contributed by atoms with E-state index < -0.39 is 5.54 Å². The minimum absolute atomic E-state index is 0. The van der Waals surface area contributed by atoms with Crippen LogP contribution in [0.1, 0.15) is 18.5 Å². The number of nitrogens with two attached hydrogens (primary N) is 1. The van der Waals surface area contributed by atoms with Crippen LogP contribution in [-0.4, -0.2) is 40.6 Å². The highest BCUT2D eigenvalue weighted by molar-refractivity contribution is 5.86. The van der Waals surface area contributed by atoms with Gasteiger partial charge in [-0.15, -0.1) is 24.8 Å². The summed E-state index contributed by atoms with van der Waals surface area (Å²) in [5, 5.41) is 2.92. The Morgan fingerprint density at radius 3 is 2.78 bits per heavy atom. The molecule has 3 rings (SSSR count). The quantitative estimate of drug-likeness (QED) is 0.861. The molecule has 0 aliphatic carbocycles. The van der Waals surface area contributed by atoms with Crippen molar-refractivity contribution >= 4 is 36.4 Å². The summed E-state index contributed by atoms with van der Waals surface area (Å²) in [6.45, 7) is 1.65. The number of hydrogen-bond donors (Lipinski definition) is 2. The molecule has 6 nitrogen and oxygen atoms in total. The number of hydrogen-bond acceptors (Lipinski definition) is 4. The van der Waals surface area contributed by atoms with Crippen molar-refractivity contribution in [3.8, 4) is 0 Å². The zero-order valence-electron chi connectivity index (χ0n) is 12.7. The summed E-state index contributed by atoms with van der Waals surface area (Å²) in [4.78, 5) is 16.7. The number of carbonyl (C=O) groups is 1. The van der Waals surface area contributed by atoms with Crippen molar-refractivity contribution in [1.82, 2.24) is 14.7 Å². The van der Waals surface area contributed by atoms with E-state index in [-0.39, 0.29) is 30.7 Å². The van der Waals surface area contributed by atoms with Crippen LogP contribution in [0, 0.1) is 0 Å². The first-order chi connectivity index (χ1) is 10.2. The molecule has 8 heteroatoms. The monoisotopic (exact) mass is 360 g/mol. The van der Waals surface area contributed by atoms with Gasteiger partial charge in [0.25, 0.3) is 0 Å². The number of rotatable bonds is 4. The van der Waals surface area contributed by atoms with Crippen LogP contribution in [0.4, 0.5) is 0 Å². The molecule has 1 saturated heterocycles. The Kier molecular flexibility index (Phi) is 7.28. The van der Waals surface area contributed by atoms with Crippen molar-refractivity contribution in [1.29, 1.82) is 0 Å². The summed E-state index contributed by atoms with van der Waals surface area (Å²) >= 11 is 0. The van der Waals surface area contributed by atoms with Crippen molar-refractivity contribution in [2.45, 2.75) is 24.8 Å². The molecule has 23 heavy (non-hydrogen) atoms. The van der Waals surface area contributed by atoms with Gasteiger partial charge in [-0.05, 0) is 25.0 Å². The first-order valence-electron chi connectivity index (χ1n) is 7.25. The van der Waals surface area contributed by atoms with E-state index in [9.17, 15) is 4.79 Å². The second-order valence-electron chi connectivity index (χ2n) is 5.47. The highest BCUT2D eigenvalue weighted by Gasteiger charge is 2.35. The lowest BCUT2D eigenvalue weighted by molar-refractivity contribution is -0.129. The van der Waals surface area contributed by atoms with Gasteiger partial charge in [0.2, 0.25) is 5.91 Å². The van der Waals surface area contributed by atoms with Crippen LogP contribution in [0.15, 0.2) is 30.6 Å². The zero-order valence-corrected chi connectivity index (χ0v) is 14.4. The molecule has 1 aliphatic rings. The normalized spacial score (nSPS) is 16.2. The van der Waals surface area contributed by atoms with Crippen LogP contribution < -0.4 is 11.1 Å². The lowest BCUT2D eigenvalue weighted by atomic mass is 9.90. The summed E-state index contributed by atoms with van der Waals surface area (Å²) in [5.74, 6) is -0.0884. The molecular formula is C15H22Cl2N4O2. The van der Waals surface area contributed by atoms with Crippen molar-refractivity contribution in [3.05, 3.63) is 36.3 Å². The van der Waals surface area contributed by atoms with Crippen LogP contribution in [-0.2, 0) is 16.0 Å². The molecule has 1 amide bonds. The Bertz CT molecular complexity index is 608. The SMILES string of the molecule is Cl.Cl.NC1(C(=O)NCCc2cn3ccccc3n2)CCOCC1. The number of pyridine rings is 1. The van der Waals surface area contributed by atoms with Crippen LogP contribution in [0.2, 0.25) is 0 Å². The fourth-order valence-electron chi connectivity index (χ4n) is 2.55. The first-order valence-corrected chi connectivity index (χ1v) is 7.25. The Hall–Kier alpha value is -1.34. The maximum Gasteiger partial charge on any atom is 0.240 e. The van der Waals surface area contributed by atoms with Gasteiger partial charge >= 0.3 is 0 Å². The fourth-order valence-corrected chi connectivity index (χ4v) is 2.55. The Morgan fingerprint density at radius 2 is 2.09 bits per heavy atom. The molecule has 0 spiro atoms. The second kappa shape index (κ2) is 8.49. The number of nitrogens with zero attached hydrogens (tertiary/aromatic N) is 2. The number of ether oxygens (including phenoxy) is 1. The maximum atomic E-state index is 12.2. The minimum atomic E-state index is -0.781. The van der Waals surface area contributed by atoms with Crippen LogP contribution >= 0.6 is 24.8 Å².